The summed E-state index contributed by atoms with van der Waals surface area (Å²) in [6, 6.07) is 0. The van der Waals surface area contributed by atoms with Gasteiger partial charge < -0.3 is 0 Å². The molecule has 0 saturated carbocycles. The van der Waals surface area contributed by atoms with E-state index in [0.717, 1.165) is 57.8 Å². The summed E-state index contributed by atoms with van der Waals surface area (Å²) in [5, 5.41) is 0. The zero-order chi connectivity index (χ0) is 27.4. The first kappa shape index (κ1) is 36.0. The number of rotatable bonds is 27. The number of carbonyl (C=O) groups is 3. The Kier molecular flexibility index (Phi) is 27.3. The molecule has 0 aromatic heterocycles. The number of hydrogen-bond acceptors (Lipinski definition) is 6. The third-order valence-electron chi connectivity index (χ3n) is 6.64. The molecular weight excluding hydrogens is 526 g/mol. The molecule has 0 spiro atoms. The monoisotopic (exact) mass is 582 g/mol. The van der Waals surface area contributed by atoms with Crippen molar-refractivity contribution < 1.29 is 25.0 Å². The topological polar surface area (TPSA) is 78.9 Å². The number of carbonyl (C=O) groups excluding carboxylic acids is 3. The Labute approximate surface area is 234 Å². The van der Waals surface area contributed by atoms with Gasteiger partial charge in [-0.15, -0.1) is 0 Å². The molecule has 0 fully saturated rings. The van der Waals surface area contributed by atoms with Gasteiger partial charge in [0.15, 0.2) is 0 Å². The van der Waals surface area contributed by atoms with Crippen molar-refractivity contribution >= 4 is 35.2 Å². The zero-order valence-corrected chi connectivity index (χ0v) is 26.9. The first-order valence-electron chi connectivity index (χ1n) is 15.6. The van der Waals surface area contributed by atoms with Gasteiger partial charge in [0.25, 0.3) is 0 Å². The molecule has 0 saturated heterocycles. The molecule has 0 aromatic rings. The van der Waals surface area contributed by atoms with E-state index >= 15 is 0 Å². The third kappa shape index (κ3) is 26.4. The van der Waals surface area contributed by atoms with Crippen LogP contribution in [0.25, 0.3) is 0 Å². The third-order valence-corrected chi connectivity index (χ3v) is 9.50. The molecule has 0 amide bonds. The summed E-state index contributed by atoms with van der Waals surface area (Å²) < 4.78 is 16.3. The van der Waals surface area contributed by atoms with Crippen molar-refractivity contribution in [3.63, 3.8) is 0 Å². The summed E-state index contributed by atoms with van der Waals surface area (Å²) in [5.41, 5.74) is 0. The Morgan fingerprint density at radius 3 is 0.838 bits per heavy atom. The molecule has 0 N–H and O–H groups in total. The normalized spacial score (nSPS) is 10.8. The van der Waals surface area contributed by atoms with Crippen LogP contribution in [0.2, 0.25) is 0 Å². The van der Waals surface area contributed by atoms with E-state index in [1.54, 1.807) is 0 Å². The maximum atomic E-state index is 12.4. The molecule has 216 valence electrons. The zero-order valence-electron chi connectivity index (χ0n) is 24.5. The molecule has 0 unspecified atom stereocenters. The molecule has 0 atom stereocenters. The van der Waals surface area contributed by atoms with E-state index in [1.165, 1.54) is 77.0 Å². The van der Waals surface area contributed by atoms with Crippen LogP contribution in [-0.4, -0.2) is 35.2 Å². The van der Waals surface area contributed by atoms with Crippen molar-refractivity contribution in [2.24, 2.45) is 0 Å². The van der Waals surface area contributed by atoms with Crippen molar-refractivity contribution in [1.82, 2.24) is 0 Å². The van der Waals surface area contributed by atoms with E-state index in [1.807, 2.05) is 0 Å². The van der Waals surface area contributed by atoms with Gasteiger partial charge in [0.2, 0.25) is 0 Å². The predicted octanol–water partition coefficient (Wildman–Crippen LogP) is 9.02. The van der Waals surface area contributed by atoms with Crippen LogP contribution in [0.3, 0.4) is 0 Å². The van der Waals surface area contributed by atoms with Gasteiger partial charge in [-0.1, -0.05) is 0 Å². The molecule has 0 heterocycles. The second kappa shape index (κ2) is 28.1. The molecule has 0 aliphatic rings. The second-order valence-electron chi connectivity index (χ2n) is 10.4. The molecule has 7 heteroatoms. The fraction of sp³-hybridized carbons (Fsp3) is 0.900. The Morgan fingerprint density at radius 1 is 0.378 bits per heavy atom. The van der Waals surface area contributed by atoms with Gasteiger partial charge in [0, 0.05) is 0 Å². The summed E-state index contributed by atoms with van der Waals surface area (Å²) in [4.78, 5) is 37.1. The predicted molar refractivity (Wildman–Crippen MR) is 152 cm³/mol. The van der Waals surface area contributed by atoms with Gasteiger partial charge in [0.1, 0.15) is 0 Å². The van der Waals surface area contributed by atoms with Gasteiger partial charge in [-0.2, -0.15) is 0 Å². The van der Waals surface area contributed by atoms with Gasteiger partial charge >= 0.3 is 235 Å². The fourth-order valence-electron chi connectivity index (χ4n) is 4.25. The molecule has 0 aliphatic carbocycles. The minimum atomic E-state index is -3.74. The Morgan fingerprint density at radius 2 is 0.595 bits per heavy atom. The van der Waals surface area contributed by atoms with Crippen LogP contribution in [0, 0.1) is 0 Å². The van der Waals surface area contributed by atoms with Crippen LogP contribution in [0.4, 0.5) is 0 Å². The maximum absolute atomic E-state index is 12.4. The molecular formula is C30H57GaO6. The quantitative estimate of drug-likeness (QED) is 0.0709. The summed E-state index contributed by atoms with van der Waals surface area (Å²) in [5.74, 6) is -1.23. The van der Waals surface area contributed by atoms with E-state index in [4.69, 9.17) is 10.6 Å². The van der Waals surface area contributed by atoms with E-state index in [2.05, 4.69) is 20.8 Å². The molecule has 0 radical (unpaired) electrons. The molecule has 0 bridgehead atoms. The average Bonchev–Trinajstić information content (AvgIpc) is 2.87. The SMILES string of the molecule is CCCCCCCCCC(=O)[O][Ga]([O]C(=O)CCCCCCCCC)[O]C(=O)CCCCCCCCC. The average molecular weight is 584 g/mol. The number of hydrogen-bond donors (Lipinski definition) is 0. The molecule has 0 aromatic carbocycles. The fourth-order valence-corrected chi connectivity index (χ4v) is 6.65. The van der Waals surface area contributed by atoms with Crippen molar-refractivity contribution in [1.29, 1.82) is 0 Å². The van der Waals surface area contributed by atoms with Crippen LogP contribution >= 0.6 is 0 Å². The number of unbranched alkanes of at least 4 members (excludes halogenated alkanes) is 18. The van der Waals surface area contributed by atoms with E-state index in [9.17, 15) is 14.4 Å². The summed E-state index contributed by atoms with van der Waals surface area (Å²) in [6.07, 6.45) is 24.0. The second-order valence-corrected chi connectivity index (χ2v) is 13.1. The van der Waals surface area contributed by atoms with Gasteiger partial charge in [-0.3, -0.25) is 0 Å². The minimum absolute atomic E-state index is 0.278. The Hall–Kier alpha value is -0.954. The summed E-state index contributed by atoms with van der Waals surface area (Å²) >= 11 is -3.74. The molecule has 6 nitrogen and oxygen atoms in total. The van der Waals surface area contributed by atoms with E-state index in [0.29, 0.717) is 0 Å². The van der Waals surface area contributed by atoms with Crippen LogP contribution in [0.5, 0.6) is 0 Å². The van der Waals surface area contributed by atoms with Crippen LogP contribution in [0.1, 0.15) is 175 Å². The van der Waals surface area contributed by atoms with Gasteiger partial charge in [0.05, 0.1) is 0 Å². The molecule has 37 heavy (non-hydrogen) atoms. The Bertz CT molecular complexity index is 478. The van der Waals surface area contributed by atoms with Gasteiger partial charge in [-0.25, -0.2) is 0 Å². The first-order chi connectivity index (χ1) is 18.0. The van der Waals surface area contributed by atoms with Crippen molar-refractivity contribution in [2.75, 3.05) is 0 Å². The van der Waals surface area contributed by atoms with Crippen molar-refractivity contribution in [2.45, 2.75) is 175 Å². The summed E-state index contributed by atoms with van der Waals surface area (Å²) in [6.45, 7) is 6.59. The van der Waals surface area contributed by atoms with Crippen molar-refractivity contribution in [3.8, 4) is 0 Å². The standard InChI is InChI=1S/3C10H20O2.Ga/c3*1-2-3-4-5-6-7-8-9-10(11)12;/h3*2-9H2,1H3,(H,11,12);/q;;;+3/p-3. The van der Waals surface area contributed by atoms with E-state index < -0.39 is 35.2 Å². The van der Waals surface area contributed by atoms with Crippen LogP contribution in [-0.2, 0) is 25.0 Å². The van der Waals surface area contributed by atoms with Crippen LogP contribution < -0.4 is 0 Å². The molecule has 0 rings (SSSR count). The Balaban J connectivity index is 4.40. The van der Waals surface area contributed by atoms with Gasteiger partial charge in [-0.05, 0) is 0 Å². The molecule has 0 aliphatic heterocycles. The summed E-state index contributed by atoms with van der Waals surface area (Å²) in [7, 11) is 0. The first-order valence-corrected chi connectivity index (χ1v) is 18.6. The van der Waals surface area contributed by atoms with Crippen LogP contribution in [0.15, 0.2) is 0 Å². The van der Waals surface area contributed by atoms with E-state index in [-0.39, 0.29) is 19.3 Å². The van der Waals surface area contributed by atoms with Crippen molar-refractivity contribution in [3.05, 3.63) is 0 Å².